The summed E-state index contributed by atoms with van der Waals surface area (Å²) in [5.74, 6) is -1.70. The molecule has 36 heavy (non-hydrogen) atoms. The molecule has 0 saturated carbocycles. The highest BCUT2D eigenvalue weighted by Crippen LogP contribution is 2.26. The number of hydrogen-bond donors (Lipinski definition) is 1. The normalized spacial score (nSPS) is 11.3. The van der Waals surface area contributed by atoms with Crippen LogP contribution < -0.4 is 10.2 Å². The lowest BCUT2D eigenvalue weighted by Crippen LogP contribution is -2.28. The van der Waals surface area contributed by atoms with E-state index in [1.54, 1.807) is 35.2 Å². The maximum absolute atomic E-state index is 14.2. The summed E-state index contributed by atoms with van der Waals surface area (Å²) in [7, 11) is -3.86. The van der Waals surface area contributed by atoms with E-state index >= 15 is 0 Å². The molecule has 0 fully saturated rings. The van der Waals surface area contributed by atoms with E-state index in [1.165, 1.54) is 49.7 Å². The molecule has 8 nitrogen and oxygen atoms in total. The predicted molar refractivity (Wildman–Crippen MR) is 129 cm³/mol. The molecule has 0 radical (unpaired) electrons. The summed E-state index contributed by atoms with van der Waals surface area (Å²) in [6.45, 7) is 1.67. The molecular weight excluding hydrogens is 490 g/mol. The Labute approximate surface area is 206 Å². The van der Waals surface area contributed by atoms with Gasteiger partial charge in [-0.15, -0.1) is 0 Å². The number of amides is 1. The Balaban J connectivity index is 1.81. The Hall–Kier alpha value is -4.12. The second kappa shape index (κ2) is 10.6. The molecule has 4 rings (SSSR count). The highest BCUT2D eigenvalue weighted by molar-refractivity contribution is 7.91. The Morgan fingerprint density at radius 3 is 2.56 bits per heavy atom. The summed E-state index contributed by atoms with van der Waals surface area (Å²) in [4.78, 5) is 23.0. The van der Waals surface area contributed by atoms with E-state index in [4.69, 9.17) is 4.42 Å². The highest BCUT2D eigenvalue weighted by Gasteiger charge is 2.26. The van der Waals surface area contributed by atoms with Crippen molar-refractivity contribution in [3.8, 4) is 0 Å². The third kappa shape index (κ3) is 5.74. The molecule has 2 heterocycles. The van der Waals surface area contributed by atoms with Crippen LogP contribution in [0.4, 0.5) is 20.2 Å². The number of aromatic nitrogens is 2. The van der Waals surface area contributed by atoms with Crippen molar-refractivity contribution in [2.75, 3.05) is 16.0 Å². The Morgan fingerprint density at radius 1 is 1.06 bits per heavy atom. The molecule has 1 amide bonds. The lowest BCUT2D eigenvalue weighted by Gasteiger charge is -2.25. The van der Waals surface area contributed by atoms with Gasteiger partial charge in [0.15, 0.2) is 5.69 Å². The van der Waals surface area contributed by atoms with Crippen LogP contribution in [0.2, 0.25) is 0 Å². The van der Waals surface area contributed by atoms with Gasteiger partial charge in [0, 0.05) is 6.54 Å². The van der Waals surface area contributed by atoms with Crippen LogP contribution in [0.3, 0.4) is 0 Å². The third-order valence-corrected chi connectivity index (χ3v) is 6.79. The molecule has 0 aliphatic heterocycles. The lowest BCUT2D eigenvalue weighted by atomic mass is 10.1. The number of benzene rings is 2. The summed E-state index contributed by atoms with van der Waals surface area (Å²) in [6, 6.07) is 14.9. The molecule has 0 unspecified atom stereocenters. The zero-order valence-electron chi connectivity index (χ0n) is 19.2. The molecule has 2 aromatic heterocycles. The molecule has 0 atom stereocenters. The fourth-order valence-corrected chi connectivity index (χ4v) is 4.16. The molecule has 0 saturated heterocycles. The van der Waals surface area contributed by atoms with E-state index in [0.717, 1.165) is 0 Å². The smallest absolute Gasteiger partial charge is 0.276 e. The van der Waals surface area contributed by atoms with Crippen LogP contribution in [0.1, 0.15) is 28.7 Å². The topological polar surface area (TPSA) is 105 Å². The maximum atomic E-state index is 14.2. The van der Waals surface area contributed by atoms with Crippen molar-refractivity contribution >= 4 is 27.1 Å². The number of rotatable bonds is 9. The second-order valence-corrected chi connectivity index (χ2v) is 9.96. The van der Waals surface area contributed by atoms with Gasteiger partial charge < -0.3 is 14.6 Å². The van der Waals surface area contributed by atoms with Gasteiger partial charge in [-0.1, -0.05) is 31.2 Å². The summed E-state index contributed by atoms with van der Waals surface area (Å²) in [5, 5.41) is 1.91. The van der Waals surface area contributed by atoms with E-state index in [9.17, 15) is 22.0 Å². The number of hydrogen-bond acceptors (Lipinski definition) is 7. The minimum Gasteiger partial charge on any atom is -0.467 e. The number of nitrogens with zero attached hydrogens (tertiary/aromatic N) is 3. The number of halogens is 2. The summed E-state index contributed by atoms with van der Waals surface area (Å²) < 4.78 is 58.5. The number of nitrogens with one attached hydrogen (secondary N) is 1. The molecule has 2 aromatic carbocycles. The summed E-state index contributed by atoms with van der Waals surface area (Å²) >= 11 is 0. The number of para-hydroxylation sites is 1. The van der Waals surface area contributed by atoms with E-state index < -0.39 is 32.5 Å². The van der Waals surface area contributed by atoms with E-state index in [-0.39, 0.29) is 35.9 Å². The summed E-state index contributed by atoms with van der Waals surface area (Å²) in [5.41, 5.74) is 0.338. The first-order valence-corrected chi connectivity index (χ1v) is 12.6. The SMILES string of the molecule is CCS(=O)(=O)c1ncc(N(Cc2cccc(F)c2)Cc2ccco2)c(C(=O)Nc2ccccc2F)n1. The van der Waals surface area contributed by atoms with Gasteiger partial charge in [0.2, 0.25) is 15.0 Å². The minimum absolute atomic E-state index is 0.102. The Bertz CT molecular complexity index is 1480. The van der Waals surface area contributed by atoms with E-state index in [1.807, 2.05) is 0 Å². The molecule has 0 bridgehead atoms. The quantitative estimate of drug-likeness (QED) is 0.327. The number of sulfone groups is 1. The highest BCUT2D eigenvalue weighted by atomic mass is 32.2. The molecule has 11 heteroatoms. The van der Waals surface area contributed by atoms with Crippen LogP contribution >= 0.6 is 0 Å². The average molecular weight is 513 g/mol. The first kappa shape index (κ1) is 25.0. The molecule has 0 aliphatic carbocycles. The molecule has 1 N–H and O–H groups in total. The average Bonchev–Trinajstić information content (AvgIpc) is 3.38. The number of carbonyl (C=O) groups is 1. The molecule has 0 aliphatic rings. The van der Waals surface area contributed by atoms with Gasteiger partial charge in [0.1, 0.15) is 17.4 Å². The number of carbonyl (C=O) groups excluding carboxylic acids is 1. The van der Waals surface area contributed by atoms with Crippen molar-refractivity contribution in [1.29, 1.82) is 0 Å². The minimum atomic E-state index is -3.86. The largest absolute Gasteiger partial charge is 0.467 e. The number of anilines is 2. The van der Waals surface area contributed by atoms with Gasteiger partial charge in [-0.2, -0.15) is 0 Å². The molecule has 186 valence electrons. The van der Waals surface area contributed by atoms with Gasteiger partial charge in [0.25, 0.3) is 5.91 Å². The fourth-order valence-electron chi connectivity index (χ4n) is 3.45. The van der Waals surface area contributed by atoms with Crippen molar-refractivity contribution in [3.63, 3.8) is 0 Å². The van der Waals surface area contributed by atoms with Crippen molar-refractivity contribution in [3.05, 3.63) is 102 Å². The maximum Gasteiger partial charge on any atom is 0.276 e. The first-order valence-electron chi connectivity index (χ1n) is 10.9. The van der Waals surface area contributed by atoms with E-state index in [0.29, 0.717) is 11.3 Å². The second-order valence-electron chi connectivity index (χ2n) is 7.79. The Kier molecular flexibility index (Phi) is 7.39. The summed E-state index contributed by atoms with van der Waals surface area (Å²) in [6.07, 6.45) is 2.70. The molecule has 4 aromatic rings. The molecule has 0 spiro atoms. The van der Waals surface area contributed by atoms with Crippen LogP contribution in [0.25, 0.3) is 0 Å². The third-order valence-electron chi connectivity index (χ3n) is 5.27. The van der Waals surface area contributed by atoms with Gasteiger partial charge in [-0.05, 0) is 42.0 Å². The lowest BCUT2D eigenvalue weighted by molar-refractivity contribution is 0.102. The van der Waals surface area contributed by atoms with Crippen LogP contribution in [-0.2, 0) is 22.9 Å². The van der Waals surface area contributed by atoms with Crippen molar-refractivity contribution in [2.24, 2.45) is 0 Å². The van der Waals surface area contributed by atoms with Crippen LogP contribution in [0.5, 0.6) is 0 Å². The number of furan rings is 1. The fraction of sp³-hybridized carbons (Fsp3) is 0.160. The van der Waals surface area contributed by atoms with Crippen LogP contribution in [0, 0.1) is 11.6 Å². The van der Waals surface area contributed by atoms with E-state index in [2.05, 4.69) is 15.3 Å². The van der Waals surface area contributed by atoms with Gasteiger partial charge in [-0.3, -0.25) is 4.79 Å². The van der Waals surface area contributed by atoms with Crippen molar-refractivity contribution < 1.29 is 26.4 Å². The zero-order chi connectivity index (χ0) is 25.7. The van der Waals surface area contributed by atoms with Crippen molar-refractivity contribution in [2.45, 2.75) is 25.2 Å². The predicted octanol–water partition coefficient (Wildman–Crippen LogP) is 4.60. The monoisotopic (exact) mass is 512 g/mol. The Morgan fingerprint density at radius 2 is 1.86 bits per heavy atom. The van der Waals surface area contributed by atoms with Crippen LogP contribution in [0.15, 0.2) is 82.7 Å². The molecular formula is C25H22F2N4O4S. The van der Waals surface area contributed by atoms with Crippen molar-refractivity contribution in [1.82, 2.24) is 9.97 Å². The van der Waals surface area contributed by atoms with Gasteiger partial charge >= 0.3 is 0 Å². The zero-order valence-corrected chi connectivity index (χ0v) is 20.0. The van der Waals surface area contributed by atoms with Crippen LogP contribution in [-0.4, -0.2) is 30.0 Å². The van der Waals surface area contributed by atoms with Gasteiger partial charge in [0.05, 0.1) is 36.1 Å². The van der Waals surface area contributed by atoms with Gasteiger partial charge in [-0.25, -0.2) is 27.2 Å². The standard InChI is InChI=1S/C25H22F2N4O4S/c1-2-36(33,34)25-28-14-22(23(30-25)24(32)29-21-11-4-3-10-20(21)27)31(16-19-9-6-12-35-19)15-17-7-5-8-18(26)13-17/h3-14H,2,15-16H2,1H3,(H,29,32). The first-order chi connectivity index (χ1) is 17.3.